The number of hydrogen-bond acceptors (Lipinski definition) is 0. The van der Waals surface area contributed by atoms with E-state index in [0.29, 0.717) is 0 Å². The molecule has 0 spiro atoms. The smallest absolute Gasteiger partial charge is 0.0132 e. The van der Waals surface area contributed by atoms with Crippen LogP contribution in [0.2, 0.25) is 0 Å². The molecule has 0 atom stereocenters. The van der Waals surface area contributed by atoms with Crippen molar-refractivity contribution in [3.63, 3.8) is 0 Å². The molecule has 106 valence electrons. The molecule has 2 aromatic carbocycles. The first-order valence-electron chi connectivity index (χ1n) is 7.69. The summed E-state index contributed by atoms with van der Waals surface area (Å²) in [4.78, 5) is 0. The summed E-state index contributed by atoms with van der Waals surface area (Å²) in [6.07, 6.45) is 4.92. The summed E-state index contributed by atoms with van der Waals surface area (Å²) >= 11 is 0. The van der Waals surface area contributed by atoms with E-state index in [1.54, 1.807) is 0 Å². The zero-order valence-electron chi connectivity index (χ0n) is 13.0. The molecule has 0 aromatic heterocycles. The molecule has 0 fully saturated rings. The summed E-state index contributed by atoms with van der Waals surface area (Å²) in [6.45, 7) is 6.84. The molecule has 0 aliphatic rings. The lowest BCUT2D eigenvalue weighted by Gasteiger charge is -2.19. The summed E-state index contributed by atoms with van der Waals surface area (Å²) in [7, 11) is 0. The minimum atomic E-state index is 0.250. The van der Waals surface area contributed by atoms with Gasteiger partial charge in [-0.05, 0) is 47.8 Å². The van der Waals surface area contributed by atoms with E-state index in [2.05, 4.69) is 75.4 Å². The Morgan fingerprint density at radius 2 is 1.30 bits per heavy atom. The first-order chi connectivity index (χ1) is 9.55. The maximum absolute atomic E-state index is 2.38. The van der Waals surface area contributed by atoms with E-state index in [1.807, 2.05) is 0 Å². The first kappa shape index (κ1) is 14.8. The van der Waals surface area contributed by atoms with Crippen LogP contribution >= 0.6 is 0 Å². The standard InChI is InChI=1S/C20H26/c1-20(2,3)19-15-9-14-18(16-19)13-8-7-12-17-10-5-4-6-11-17/h4-6,9-11,14-16H,7-8,12-13H2,1-3H3. The summed E-state index contributed by atoms with van der Waals surface area (Å²) in [5.74, 6) is 0. The molecule has 0 nitrogen and oxygen atoms in total. The summed E-state index contributed by atoms with van der Waals surface area (Å²) in [5, 5.41) is 0. The van der Waals surface area contributed by atoms with Gasteiger partial charge in [0, 0.05) is 0 Å². The molecule has 0 saturated carbocycles. The molecule has 0 heteroatoms. The Hall–Kier alpha value is -1.56. The van der Waals surface area contributed by atoms with E-state index in [9.17, 15) is 0 Å². The van der Waals surface area contributed by atoms with Crippen LogP contribution in [0.15, 0.2) is 54.6 Å². The molecule has 2 aromatic rings. The average molecular weight is 266 g/mol. The van der Waals surface area contributed by atoms with Crippen LogP contribution < -0.4 is 0 Å². The van der Waals surface area contributed by atoms with E-state index in [0.717, 1.165) is 0 Å². The van der Waals surface area contributed by atoms with Crippen LogP contribution in [0.3, 0.4) is 0 Å². The zero-order chi connectivity index (χ0) is 14.4. The molecule has 2 rings (SSSR count). The molecule has 0 aliphatic carbocycles. The van der Waals surface area contributed by atoms with Crippen molar-refractivity contribution in [1.29, 1.82) is 0 Å². The lowest BCUT2D eigenvalue weighted by atomic mass is 9.86. The molecule has 0 aliphatic heterocycles. The van der Waals surface area contributed by atoms with Crippen molar-refractivity contribution in [2.24, 2.45) is 0 Å². The predicted molar refractivity (Wildman–Crippen MR) is 88.2 cm³/mol. The Morgan fingerprint density at radius 1 is 0.700 bits per heavy atom. The van der Waals surface area contributed by atoms with Gasteiger partial charge in [-0.25, -0.2) is 0 Å². The van der Waals surface area contributed by atoms with Gasteiger partial charge in [0.25, 0.3) is 0 Å². The van der Waals surface area contributed by atoms with Gasteiger partial charge in [-0.2, -0.15) is 0 Å². The number of aryl methyl sites for hydroxylation is 2. The number of unbranched alkanes of at least 4 members (excludes halogenated alkanes) is 1. The molecule has 0 radical (unpaired) electrons. The number of rotatable bonds is 5. The second-order valence-corrected chi connectivity index (χ2v) is 6.64. The Morgan fingerprint density at radius 3 is 1.95 bits per heavy atom. The normalized spacial score (nSPS) is 11.6. The Balaban J connectivity index is 1.83. The zero-order valence-corrected chi connectivity index (χ0v) is 13.0. The van der Waals surface area contributed by atoms with Crippen LogP contribution in [0.25, 0.3) is 0 Å². The highest BCUT2D eigenvalue weighted by atomic mass is 14.2. The van der Waals surface area contributed by atoms with Gasteiger partial charge in [0.15, 0.2) is 0 Å². The predicted octanol–water partition coefficient (Wildman–Crippen LogP) is 5.55. The van der Waals surface area contributed by atoms with E-state index in [-0.39, 0.29) is 5.41 Å². The molecule has 0 N–H and O–H groups in total. The Kier molecular flexibility index (Phi) is 5.00. The third-order valence-electron chi connectivity index (χ3n) is 3.82. The van der Waals surface area contributed by atoms with Crippen molar-refractivity contribution >= 4 is 0 Å². The molecule has 0 saturated heterocycles. The lowest BCUT2D eigenvalue weighted by Crippen LogP contribution is -2.11. The highest BCUT2D eigenvalue weighted by molar-refractivity contribution is 5.28. The summed E-state index contributed by atoms with van der Waals surface area (Å²) in [6, 6.07) is 19.9. The van der Waals surface area contributed by atoms with Crippen LogP contribution in [-0.4, -0.2) is 0 Å². The number of hydrogen-bond donors (Lipinski definition) is 0. The molecule has 0 heterocycles. The van der Waals surface area contributed by atoms with Gasteiger partial charge in [-0.3, -0.25) is 0 Å². The summed E-state index contributed by atoms with van der Waals surface area (Å²) in [5.41, 5.74) is 4.62. The fourth-order valence-corrected chi connectivity index (χ4v) is 2.50. The minimum absolute atomic E-state index is 0.250. The van der Waals surface area contributed by atoms with Crippen molar-refractivity contribution in [3.8, 4) is 0 Å². The van der Waals surface area contributed by atoms with Crippen molar-refractivity contribution in [1.82, 2.24) is 0 Å². The van der Waals surface area contributed by atoms with E-state index in [4.69, 9.17) is 0 Å². The Labute approximate surface area is 123 Å². The number of benzene rings is 2. The highest BCUT2D eigenvalue weighted by Gasteiger charge is 2.13. The van der Waals surface area contributed by atoms with Gasteiger partial charge in [0.2, 0.25) is 0 Å². The maximum Gasteiger partial charge on any atom is -0.0132 e. The van der Waals surface area contributed by atoms with Crippen molar-refractivity contribution in [2.75, 3.05) is 0 Å². The van der Waals surface area contributed by atoms with Crippen molar-refractivity contribution in [3.05, 3.63) is 71.3 Å². The summed E-state index contributed by atoms with van der Waals surface area (Å²) < 4.78 is 0. The largest absolute Gasteiger partial charge is 0.0622 e. The van der Waals surface area contributed by atoms with Gasteiger partial charge >= 0.3 is 0 Å². The van der Waals surface area contributed by atoms with Gasteiger partial charge in [-0.1, -0.05) is 75.4 Å². The van der Waals surface area contributed by atoms with E-state index < -0.39 is 0 Å². The van der Waals surface area contributed by atoms with E-state index in [1.165, 1.54) is 42.4 Å². The third-order valence-corrected chi connectivity index (χ3v) is 3.82. The molecular formula is C20H26. The topological polar surface area (TPSA) is 0 Å². The third kappa shape index (κ3) is 4.52. The monoisotopic (exact) mass is 266 g/mol. The maximum atomic E-state index is 2.38. The van der Waals surface area contributed by atoms with Crippen molar-refractivity contribution in [2.45, 2.75) is 51.9 Å². The van der Waals surface area contributed by atoms with Gasteiger partial charge in [-0.15, -0.1) is 0 Å². The van der Waals surface area contributed by atoms with Gasteiger partial charge in [0.05, 0.1) is 0 Å². The van der Waals surface area contributed by atoms with Crippen LogP contribution in [0.1, 0.15) is 50.3 Å². The Bertz CT molecular complexity index is 517. The molecule has 0 unspecified atom stereocenters. The van der Waals surface area contributed by atoms with Crippen LogP contribution in [0.4, 0.5) is 0 Å². The fraction of sp³-hybridized carbons (Fsp3) is 0.400. The fourth-order valence-electron chi connectivity index (χ4n) is 2.50. The van der Waals surface area contributed by atoms with Gasteiger partial charge in [0.1, 0.15) is 0 Å². The van der Waals surface area contributed by atoms with Gasteiger partial charge < -0.3 is 0 Å². The molecule has 0 bridgehead atoms. The average Bonchev–Trinajstić information content (AvgIpc) is 2.44. The van der Waals surface area contributed by atoms with Crippen LogP contribution in [-0.2, 0) is 18.3 Å². The molecule has 0 amide bonds. The lowest BCUT2D eigenvalue weighted by molar-refractivity contribution is 0.588. The second kappa shape index (κ2) is 6.74. The van der Waals surface area contributed by atoms with Crippen LogP contribution in [0, 0.1) is 0 Å². The van der Waals surface area contributed by atoms with Crippen molar-refractivity contribution < 1.29 is 0 Å². The SMILES string of the molecule is CC(C)(C)c1cccc(CCCCc2ccccc2)c1. The molecular weight excluding hydrogens is 240 g/mol. The highest BCUT2D eigenvalue weighted by Crippen LogP contribution is 2.23. The quantitative estimate of drug-likeness (QED) is 0.622. The van der Waals surface area contributed by atoms with E-state index >= 15 is 0 Å². The molecule has 20 heavy (non-hydrogen) atoms. The first-order valence-corrected chi connectivity index (χ1v) is 7.69. The minimum Gasteiger partial charge on any atom is -0.0622 e. The second-order valence-electron chi connectivity index (χ2n) is 6.64. The van der Waals surface area contributed by atoms with Crippen LogP contribution in [0.5, 0.6) is 0 Å².